The number of hydrogen-bond donors (Lipinski definition) is 2. The molecule has 0 amide bonds. The van der Waals surface area contributed by atoms with E-state index in [4.69, 9.17) is 0 Å². The fourth-order valence-corrected chi connectivity index (χ4v) is 1.76. The molecule has 2 nitrogen and oxygen atoms in total. The second-order valence-corrected chi connectivity index (χ2v) is 4.33. The minimum Gasteiger partial charge on any atom is -0.317 e. The Morgan fingerprint density at radius 3 is 2.62 bits per heavy atom. The van der Waals surface area contributed by atoms with Gasteiger partial charge in [-0.1, -0.05) is 27.2 Å². The van der Waals surface area contributed by atoms with Gasteiger partial charge in [0, 0.05) is 6.04 Å². The second-order valence-electron chi connectivity index (χ2n) is 4.33. The third kappa shape index (κ3) is 4.10. The molecule has 2 N–H and O–H groups in total. The van der Waals surface area contributed by atoms with Gasteiger partial charge >= 0.3 is 0 Å². The van der Waals surface area contributed by atoms with Crippen molar-refractivity contribution in [1.29, 1.82) is 0 Å². The third-order valence-corrected chi connectivity index (χ3v) is 2.92. The molecule has 1 aliphatic carbocycles. The standard InChI is InChI=1S/C11H24N2/c1-4-10-6-11(10)13-8-9(3)7-12-5-2/h9-13H,4-8H2,1-3H3. The van der Waals surface area contributed by atoms with Crippen molar-refractivity contribution in [2.45, 2.75) is 39.7 Å². The van der Waals surface area contributed by atoms with Gasteiger partial charge in [-0.05, 0) is 37.9 Å². The topological polar surface area (TPSA) is 24.1 Å². The third-order valence-electron chi connectivity index (χ3n) is 2.92. The van der Waals surface area contributed by atoms with Crippen LogP contribution in [0.3, 0.4) is 0 Å². The molecule has 0 aromatic rings. The quantitative estimate of drug-likeness (QED) is 0.628. The van der Waals surface area contributed by atoms with Crippen LogP contribution in [0, 0.1) is 11.8 Å². The average molecular weight is 184 g/mol. The normalized spacial score (nSPS) is 28.8. The van der Waals surface area contributed by atoms with Crippen molar-refractivity contribution in [1.82, 2.24) is 10.6 Å². The number of hydrogen-bond acceptors (Lipinski definition) is 2. The van der Waals surface area contributed by atoms with E-state index in [1.807, 2.05) is 0 Å². The van der Waals surface area contributed by atoms with Gasteiger partial charge in [-0.25, -0.2) is 0 Å². The van der Waals surface area contributed by atoms with E-state index in [9.17, 15) is 0 Å². The molecule has 0 radical (unpaired) electrons. The molecule has 0 bridgehead atoms. The fourth-order valence-electron chi connectivity index (χ4n) is 1.76. The van der Waals surface area contributed by atoms with E-state index >= 15 is 0 Å². The lowest BCUT2D eigenvalue weighted by Gasteiger charge is -2.12. The Labute approximate surface area is 82.5 Å². The molecular weight excluding hydrogens is 160 g/mol. The zero-order valence-corrected chi connectivity index (χ0v) is 9.27. The summed E-state index contributed by atoms with van der Waals surface area (Å²) in [5, 5.41) is 7.00. The number of nitrogens with one attached hydrogen (secondary N) is 2. The number of rotatable bonds is 7. The van der Waals surface area contributed by atoms with Crippen LogP contribution < -0.4 is 10.6 Å². The van der Waals surface area contributed by atoms with Crippen molar-refractivity contribution < 1.29 is 0 Å². The molecule has 0 aromatic heterocycles. The summed E-state index contributed by atoms with van der Waals surface area (Å²) in [6.45, 7) is 10.2. The van der Waals surface area contributed by atoms with Crippen LogP contribution >= 0.6 is 0 Å². The molecular formula is C11H24N2. The first-order valence-corrected chi connectivity index (χ1v) is 5.72. The summed E-state index contributed by atoms with van der Waals surface area (Å²) in [6.07, 6.45) is 2.75. The summed E-state index contributed by atoms with van der Waals surface area (Å²) < 4.78 is 0. The molecule has 0 spiro atoms. The van der Waals surface area contributed by atoms with Crippen LogP contribution in [-0.2, 0) is 0 Å². The highest BCUT2D eigenvalue weighted by Crippen LogP contribution is 2.32. The summed E-state index contributed by atoms with van der Waals surface area (Å²) in [6, 6.07) is 0.842. The van der Waals surface area contributed by atoms with E-state index in [0.717, 1.165) is 31.0 Å². The van der Waals surface area contributed by atoms with Gasteiger partial charge in [-0.2, -0.15) is 0 Å². The van der Waals surface area contributed by atoms with E-state index < -0.39 is 0 Å². The Bertz CT molecular complexity index is 136. The lowest BCUT2D eigenvalue weighted by atomic mass is 10.2. The predicted octanol–water partition coefficient (Wildman–Crippen LogP) is 1.62. The minimum absolute atomic E-state index is 0.762. The molecule has 2 heteroatoms. The maximum Gasteiger partial charge on any atom is 0.00991 e. The predicted molar refractivity (Wildman–Crippen MR) is 57.9 cm³/mol. The van der Waals surface area contributed by atoms with E-state index in [0.29, 0.717) is 0 Å². The van der Waals surface area contributed by atoms with E-state index in [-0.39, 0.29) is 0 Å². The Morgan fingerprint density at radius 1 is 1.31 bits per heavy atom. The van der Waals surface area contributed by atoms with E-state index in [1.54, 1.807) is 0 Å². The van der Waals surface area contributed by atoms with Gasteiger partial charge in [-0.15, -0.1) is 0 Å². The Morgan fingerprint density at radius 2 is 2.08 bits per heavy atom. The van der Waals surface area contributed by atoms with Crippen molar-refractivity contribution in [3.8, 4) is 0 Å². The first kappa shape index (κ1) is 11.0. The van der Waals surface area contributed by atoms with Gasteiger partial charge in [0.15, 0.2) is 0 Å². The first-order chi connectivity index (χ1) is 6.27. The Hall–Kier alpha value is -0.0800. The second kappa shape index (κ2) is 5.61. The lowest BCUT2D eigenvalue weighted by Crippen LogP contribution is -2.31. The van der Waals surface area contributed by atoms with Crippen LogP contribution in [0.4, 0.5) is 0 Å². The average Bonchev–Trinajstić information content (AvgIpc) is 2.90. The van der Waals surface area contributed by atoms with Crippen molar-refractivity contribution in [2.24, 2.45) is 11.8 Å². The molecule has 1 fully saturated rings. The van der Waals surface area contributed by atoms with Crippen molar-refractivity contribution in [3.05, 3.63) is 0 Å². The minimum atomic E-state index is 0.762. The van der Waals surface area contributed by atoms with E-state index in [1.165, 1.54) is 19.4 Å². The highest BCUT2D eigenvalue weighted by Gasteiger charge is 2.34. The maximum atomic E-state index is 3.63. The highest BCUT2D eigenvalue weighted by molar-refractivity contribution is 4.92. The van der Waals surface area contributed by atoms with Crippen LogP contribution in [0.2, 0.25) is 0 Å². The van der Waals surface area contributed by atoms with Gasteiger partial charge in [0.05, 0.1) is 0 Å². The summed E-state index contributed by atoms with van der Waals surface area (Å²) >= 11 is 0. The van der Waals surface area contributed by atoms with Gasteiger partial charge in [-0.3, -0.25) is 0 Å². The largest absolute Gasteiger partial charge is 0.317 e. The van der Waals surface area contributed by atoms with Crippen LogP contribution in [0.15, 0.2) is 0 Å². The molecule has 78 valence electrons. The van der Waals surface area contributed by atoms with Gasteiger partial charge in [0.25, 0.3) is 0 Å². The van der Waals surface area contributed by atoms with Crippen LogP contribution in [0.1, 0.15) is 33.6 Å². The van der Waals surface area contributed by atoms with E-state index in [2.05, 4.69) is 31.4 Å². The fraction of sp³-hybridized carbons (Fsp3) is 1.00. The summed E-state index contributed by atoms with van der Waals surface area (Å²) in [4.78, 5) is 0. The van der Waals surface area contributed by atoms with Crippen LogP contribution in [0.25, 0.3) is 0 Å². The highest BCUT2D eigenvalue weighted by atomic mass is 15.0. The lowest BCUT2D eigenvalue weighted by molar-refractivity contribution is 0.469. The molecule has 0 aliphatic heterocycles. The summed E-state index contributed by atoms with van der Waals surface area (Å²) in [5.41, 5.74) is 0. The van der Waals surface area contributed by atoms with Crippen molar-refractivity contribution >= 4 is 0 Å². The zero-order chi connectivity index (χ0) is 9.68. The Kier molecular flexibility index (Phi) is 4.74. The van der Waals surface area contributed by atoms with Gasteiger partial charge < -0.3 is 10.6 Å². The molecule has 0 aromatic carbocycles. The SMILES string of the molecule is CCNCC(C)CNC1CC1CC. The van der Waals surface area contributed by atoms with Gasteiger partial charge in [0.2, 0.25) is 0 Å². The molecule has 1 aliphatic rings. The molecule has 13 heavy (non-hydrogen) atoms. The molecule has 0 heterocycles. The maximum absolute atomic E-state index is 3.63. The Balaban J connectivity index is 1.93. The van der Waals surface area contributed by atoms with Crippen LogP contribution in [-0.4, -0.2) is 25.7 Å². The van der Waals surface area contributed by atoms with Crippen LogP contribution in [0.5, 0.6) is 0 Å². The first-order valence-electron chi connectivity index (χ1n) is 5.72. The van der Waals surface area contributed by atoms with Crippen molar-refractivity contribution in [3.63, 3.8) is 0 Å². The summed E-state index contributed by atoms with van der Waals surface area (Å²) in [7, 11) is 0. The summed E-state index contributed by atoms with van der Waals surface area (Å²) in [5.74, 6) is 1.74. The molecule has 3 unspecified atom stereocenters. The molecule has 3 atom stereocenters. The molecule has 1 saturated carbocycles. The van der Waals surface area contributed by atoms with Gasteiger partial charge in [0.1, 0.15) is 0 Å². The molecule has 0 saturated heterocycles. The zero-order valence-electron chi connectivity index (χ0n) is 9.27. The molecule has 1 rings (SSSR count). The van der Waals surface area contributed by atoms with Crippen molar-refractivity contribution in [2.75, 3.05) is 19.6 Å². The smallest absolute Gasteiger partial charge is 0.00991 e. The monoisotopic (exact) mass is 184 g/mol.